The van der Waals surface area contributed by atoms with Gasteiger partial charge < -0.3 is 9.47 Å². The summed E-state index contributed by atoms with van der Waals surface area (Å²) in [6, 6.07) is 10.1. The zero-order valence-corrected chi connectivity index (χ0v) is 14.3. The molecule has 3 rings (SSSR count). The third-order valence-corrected chi connectivity index (χ3v) is 3.93. The predicted octanol–water partition coefficient (Wildman–Crippen LogP) is 2.68. The molecule has 0 spiro atoms. The summed E-state index contributed by atoms with van der Waals surface area (Å²) in [6.45, 7) is 3.69. The minimum absolute atomic E-state index is 0.0743. The number of carbonyl (C=O) groups is 1. The summed E-state index contributed by atoms with van der Waals surface area (Å²) in [7, 11) is 1.55. The molecule has 0 aliphatic carbocycles. The van der Waals surface area contributed by atoms with Gasteiger partial charge in [-0.3, -0.25) is 9.20 Å². The van der Waals surface area contributed by atoms with Gasteiger partial charge in [0.25, 0.3) is 5.56 Å². The number of aryl methyl sites for hydroxylation is 2. The molecule has 0 amide bonds. The Kier molecular flexibility index (Phi) is 4.52. The lowest BCUT2D eigenvalue weighted by Gasteiger charge is -2.09. The van der Waals surface area contributed by atoms with Crippen LogP contribution < -0.4 is 10.3 Å². The average Bonchev–Trinajstić information content (AvgIpc) is 2.61. The van der Waals surface area contributed by atoms with Crippen LogP contribution in [-0.2, 0) is 11.3 Å². The fourth-order valence-electron chi connectivity index (χ4n) is 2.55. The maximum Gasteiger partial charge on any atom is 0.338 e. The third kappa shape index (κ3) is 3.38. The molecular weight excluding hydrogens is 320 g/mol. The molecule has 0 aliphatic heterocycles. The van der Waals surface area contributed by atoms with E-state index < -0.39 is 5.97 Å². The Hall–Kier alpha value is -3.15. The van der Waals surface area contributed by atoms with Crippen LogP contribution in [0, 0.1) is 13.8 Å². The number of benzene rings is 1. The van der Waals surface area contributed by atoms with Gasteiger partial charge in [-0.15, -0.1) is 0 Å². The Balaban J connectivity index is 1.82. The number of hydrogen-bond donors (Lipinski definition) is 0. The molecule has 6 heteroatoms. The van der Waals surface area contributed by atoms with Crippen molar-refractivity contribution in [2.24, 2.45) is 0 Å². The third-order valence-electron chi connectivity index (χ3n) is 3.93. The molecule has 0 N–H and O–H groups in total. The number of rotatable bonds is 4. The maximum absolute atomic E-state index is 12.2. The highest BCUT2D eigenvalue weighted by molar-refractivity contribution is 5.90. The first kappa shape index (κ1) is 16.7. The number of aromatic nitrogens is 2. The lowest BCUT2D eigenvalue weighted by molar-refractivity contribution is 0.0467. The topological polar surface area (TPSA) is 69.9 Å². The van der Waals surface area contributed by atoms with Gasteiger partial charge >= 0.3 is 5.97 Å². The number of ether oxygens (including phenoxy) is 2. The van der Waals surface area contributed by atoms with E-state index in [9.17, 15) is 9.59 Å². The zero-order valence-electron chi connectivity index (χ0n) is 14.3. The molecule has 2 heterocycles. The molecule has 0 fully saturated rings. The molecule has 0 bridgehead atoms. The van der Waals surface area contributed by atoms with Gasteiger partial charge in [-0.2, -0.15) is 0 Å². The van der Waals surface area contributed by atoms with E-state index in [4.69, 9.17) is 9.47 Å². The maximum atomic E-state index is 12.2. The summed E-state index contributed by atoms with van der Waals surface area (Å²) in [4.78, 5) is 28.8. The fraction of sp³-hybridized carbons (Fsp3) is 0.211. The van der Waals surface area contributed by atoms with Crippen molar-refractivity contribution in [3.63, 3.8) is 0 Å². The quantitative estimate of drug-likeness (QED) is 0.684. The average molecular weight is 338 g/mol. The number of esters is 1. The zero-order chi connectivity index (χ0) is 18.0. The molecule has 0 unspecified atom stereocenters. The first-order chi connectivity index (χ1) is 12.0. The second kappa shape index (κ2) is 6.76. The monoisotopic (exact) mass is 338 g/mol. The highest BCUT2D eigenvalue weighted by Crippen LogP contribution is 2.19. The molecule has 0 aliphatic rings. The number of hydrogen-bond acceptors (Lipinski definition) is 5. The van der Waals surface area contributed by atoms with E-state index in [-0.39, 0.29) is 12.2 Å². The van der Waals surface area contributed by atoms with E-state index in [1.54, 1.807) is 37.6 Å². The van der Waals surface area contributed by atoms with Crippen molar-refractivity contribution in [3.05, 3.63) is 75.3 Å². The van der Waals surface area contributed by atoms with Crippen LogP contribution in [0.4, 0.5) is 0 Å². The van der Waals surface area contributed by atoms with Crippen molar-refractivity contribution in [1.82, 2.24) is 9.38 Å². The largest absolute Gasteiger partial charge is 0.496 e. The van der Waals surface area contributed by atoms with E-state index in [2.05, 4.69) is 4.98 Å². The van der Waals surface area contributed by atoms with Crippen LogP contribution in [0.25, 0.3) is 5.65 Å². The first-order valence-corrected chi connectivity index (χ1v) is 7.79. The van der Waals surface area contributed by atoms with Gasteiger partial charge in [0.15, 0.2) is 0 Å². The van der Waals surface area contributed by atoms with E-state index >= 15 is 0 Å². The van der Waals surface area contributed by atoms with E-state index in [1.165, 1.54) is 10.5 Å². The van der Waals surface area contributed by atoms with Gasteiger partial charge in [0.1, 0.15) is 18.0 Å². The molecule has 3 aromatic rings. The molecule has 1 aromatic carbocycles. The second-order valence-corrected chi connectivity index (χ2v) is 5.73. The summed E-state index contributed by atoms with van der Waals surface area (Å²) < 4.78 is 12.0. The highest BCUT2D eigenvalue weighted by Gasteiger charge is 2.12. The van der Waals surface area contributed by atoms with E-state index in [0.717, 1.165) is 11.1 Å². The predicted molar refractivity (Wildman–Crippen MR) is 93.0 cm³/mol. The van der Waals surface area contributed by atoms with Crippen molar-refractivity contribution in [2.45, 2.75) is 20.5 Å². The molecule has 6 nitrogen and oxygen atoms in total. The van der Waals surface area contributed by atoms with Crippen LogP contribution >= 0.6 is 0 Å². The SMILES string of the molecule is COc1cc(C(=O)OCc2cc(=O)n3cccc(C)c3n2)ccc1C. The summed E-state index contributed by atoms with van der Waals surface area (Å²) >= 11 is 0. The number of fused-ring (bicyclic) bond motifs is 1. The Morgan fingerprint density at radius 3 is 2.72 bits per heavy atom. The Morgan fingerprint density at radius 1 is 1.16 bits per heavy atom. The Labute approximate surface area is 144 Å². The summed E-state index contributed by atoms with van der Waals surface area (Å²) in [5, 5.41) is 0. The summed E-state index contributed by atoms with van der Waals surface area (Å²) in [5.74, 6) is 0.122. The van der Waals surface area contributed by atoms with Crippen LogP contribution in [-0.4, -0.2) is 22.5 Å². The van der Waals surface area contributed by atoms with Gasteiger partial charge in [-0.05, 0) is 43.2 Å². The summed E-state index contributed by atoms with van der Waals surface area (Å²) in [6.07, 6.45) is 1.66. The lowest BCUT2D eigenvalue weighted by Crippen LogP contribution is -2.17. The van der Waals surface area contributed by atoms with Gasteiger partial charge in [-0.25, -0.2) is 9.78 Å². The Morgan fingerprint density at radius 2 is 1.96 bits per heavy atom. The van der Waals surface area contributed by atoms with Gasteiger partial charge in [0.2, 0.25) is 0 Å². The van der Waals surface area contributed by atoms with Crippen LogP contribution in [0.2, 0.25) is 0 Å². The van der Waals surface area contributed by atoms with Crippen molar-refractivity contribution in [1.29, 1.82) is 0 Å². The van der Waals surface area contributed by atoms with Crippen LogP contribution in [0.1, 0.15) is 27.2 Å². The van der Waals surface area contributed by atoms with E-state index in [0.29, 0.717) is 22.7 Å². The van der Waals surface area contributed by atoms with Crippen molar-refractivity contribution in [2.75, 3.05) is 7.11 Å². The van der Waals surface area contributed by atoms with Crippen molar-refractivity contribution < 1.29 is 14.3 Å². The van der Waals surface area contributed by atoms with Crippen LogP contribution in [0.5, 0.6) is 5.75 Å². The highest BCUT2D eigenvalue weighted by atomic mass is 16.5. The minimum atomic E-state index is -0.495. The lowest BCUT2D eigenvalue weighted by atomic mass is 10.1. The smallest absolute Gasteiger partial charge is 0.338 e. The number of nitrogens with zero attached hydrogens (tertiary/aromatic N) is 2. The minimum Gasteiger partial charge on any atom is -0.496 e. The molecule has 0 atom stereocenters. The molecule has 0 saturated carbocycles. The van der Waals surface area contributed by atoms with Gasteiger partial charge in [0.05, 0.1) is 18.4 Å². The van der Waals surface area contributed by atoms with Crippen molar-refractivity contribution >= 4 is 11.6 Å². The molecule has 0 saturated heterocycles. The Bertz CT molecular complexity index is 1010. The standard InChI is InChI=1S/C19H18N2O4/c1-12-6-7-14(9-16(12)24-3)19(23)25-11-15-10-17(22)21-8-4-5-13(2)18(21)20-15/h4-10H,11H2,1-3H3. The van der Waals surface area contributed by atoms with Crippen LogP contribution in [0.3, 0.4) is 0 Å². The van der Waals surface area contributed by atoms with E-state index in [1.807, 2.05) is 19.9 Å². The first-order valence-electron chi connectivity index (χ1n) is 7.79. The number of pyridine rings is 1. The van der Waals surface area contributed by atoms with Gasteiger partial charge in [0, 0.05) is 12.3 Å². The molecule has 25 heavy (non-hydrogen) atoms. The van der Waals surface area contributed by atoms with Crippen molar-refractivity contribution in [3.8, 4) is 5.75 Å². The van der Waals surface area contributed by atoms with Gasteiger partial charge in [-0.1, -0.05) is 12.1 Å². The molecular formula is C19H18N2O4. The molecule has 128 valence electrons. The fourth-order valence-corrected chi connectivity index (χ4v) is 2.55. The second-order valence-electron chi connectivity index (χ2n) is 5.73. The van der Waals surface area contributed by atoms with Crippen LogP contribution in [0.15, 0.2) is 47.4 Å². The number of methoxy groups -OCH3 is 1. The number of carbonyl (C=O) groups excluding carboxylic acids is 1. The normalized spacial score (nSPS) is 10.7. The molecule has 0 radical (unpaired) electrons. The molecule has 2 aromatic heterocycles. The summed E-state index contributed by atoms with van der Waals surface area (Å²) in [5.41, 5.74) is 2.94.